The molecule has 4 nitrogen and oxygen atoms in total. The van der Waals surface area contributed by atoms with Crippen LogP contribution in [-0.2, 0) is 17.8 Å². The largest absolute Gasteiger partial charge is 0.489 e. The van der Waals surface area contributed by atoms with Crippen LogP contribution in [0.15, 0.2) is 77.9 Å². The van der Waals surface area contributed by atoms with Crippen molar-refractivity contribution in [3.05, 3.63) is 101 Å². The quantitative estimate of drug-likeness (QED) is 0.492. The van der Waals surface area contributed by atoms with E-state index in [0.29, 0.717) is 17.9 Å². The molecule has 1 N–H and O–H groups in total. The topological polar surface area (TPSA) is 50.7 Å². The number of carbonyl (C=O) groups excluding carboxylic acids is 1. The Bertz CT molecular complexity index is 955. The number of benzene rings is 3. The van der Waals surface area contributed by atoms with Gasteiger partial charge in [0.2, 0.25) is 5.91 Å². The Labute approximate surface area is 161 Å². The van der Waals surface area contributed by atoms with Crippen LogP contribution in [-0.4, -0.2) is 12.1 Å². The molecule has 0 aliphatic carbocycles. The number of ether oxygens (including phenoxy) is 1. The number of halogens is 2. The van der Waals surface area contributed by atoms with E-state index in [4.69, 9.17) is 4.74 Å². The molecule has 28 heavy (non-hydrogen) atoms. The Hall–Kier alpha value is -3.54. The van der Waals surface area contributed by atoms with E-state index >= 15 is 0 Å². The first-order valence-corrected chi connectivity index (χ1v) is 8.62. The van der Waals surface area contributed by atoms with E-state index in [9.17, 15) is 13.6 Å². The molecule has 3 aromatic rings. The molecule has 0 aliphatic rings. The molecule has 0 radical (unpaired) electrons. The van der Waals surface area contributed by atoms with Crippen LogP contribution in [0.3, 0.4) is 0 Å². The smallest absolute Gasteiger partial charge is 0.244 e. The molecule has 0 atom stereocenters. The third-order valence-corrected chi connectivity index (χ3v) is 3.86. The van der Waals surface area contributed by atoms with Gasteiger partial charge in [-0.1, -0.05) is 36.4 Å². The molecular weight excluding hydrogens is 362 g/mol. The molecule has 0 heterocycles. The normalized spacial score (nSPS) is 10.8. The molecule has 1 amide bonds. The van der Waals surface area contributed by atoms with Crippen molar-refractivity contribution < 1.29 is 18.3 Å². The maximum atomic E-state index is 12.9. The number of carbonyl (C=O) groups is 1. The number of hydrazone groups is 1. The van der Waals surface area contributed by atoms with E-state index in [1.165, 1.54) is 30.5 Å². The molecule has 3 rings (SSSR count). The lowest BCUT2D eigenvalue weighted by atomic mass is 10.1. The second-order valence-corrected chi connectivity index (χ2v) is 6.08. The van der Waals surface area contributed by atoms with Crippen molar-refractivity contribution in [1.29, 1.82) is 0 Å². The summed E-state index contributed by atoms with van der Waals surface area (Å²) in [4.78, 5) is 11.9. The predicted octanol–water partition coefficient (Wildman–Crippen LogP) is 4.24. The summed E-state index contributed by atoms with van der Waals surface area (Å²) in [5, 5.41) is 3.93. The average molecular weight is 380 g/mol. The van der Waals surface area contributed by atoms with Crippen LogP contribution in [0.1, 0.15) is 16.7 Å². The lowest BCUT2D eigenvalue weighted by Gasteiger charge is -2.07. The van der Waals surface area contributed by atoms with Crippen molar-refractivity contribution in [3.63, 3.8) is 0 Å². The number of nitrogens with one attached hydrogen (secondary N) is 1. The molecule has 0 aliphatic heterocycles. The first kappa shape index (κ1) is 19.2. The minimum atomic E-state index is -0.344. The summed E-state index contributed by atoms with van der Waals surface area (Å²) < 4.78 is 31.5. The first-order valence-electron chi connectivity index (χ1n) is 8.62. The number of amides is 1. The first-order chi connectivity index (χ1) is 13.6. The minimum absolute atomic E-state index is 0.110. The second kappa shape index (κ2) is 9.41. The van der Waals surface area contributed by atoms with Gasteiger partial charge in [0.15, 0.2) is 0 Å². The molecule has 0 saturated heterocycles. The van der Waals surface area contributed by atoms with E-state index in [2.05, 4.69) is 10.5 Å². The van der Waals surface area contributed by atoms with Crippen molar-refractivity contribution in [1.82, 2.24) is 5.43 Å². The van der Waals surface area contributed by atoms with Crippen LogP contribution in [0.4, 0.5) is 8.78 Å². The highest BCUT2D eigenvalue weighted by molar-refractivity contribution is 5.83. The minimum Gasteiger partial charge on any atom is -0.489 e. The fraction of sp³-hybridized carbons (Fsp3) is 0.0909. The predicted molar refractivity (Wildman–Crippen MR) is 103 cm³/mol. The lowest BCUT2D eigenvalue weighted by Crippen LogP contribution is -2.19. The highest BCUT2D eigenvalue weighted by atomic mass is 19.1. The van der Waals surface area contributed by atoms with Gasteiger partial charge < -0.3 is 4.74 Å². The van der Waals surface area contributed by atoms with Crippen molar-refractivity contribution >= 4 is 12.1 Å². The lowest BCUT2D eigenvalue weighted by molar-refractivity contribution is -0.120. The van der Waals surface area contributed by atoms with Gasteiger partial charge >= 0.3 is 0 Å². The molecule has 0 unspecified atom stereocenters. The van der Waals surface area contributed by atoms with E-state index in [1.54, 1.807) is 36.4 Å². The van der Waals surface area contributed by atoms with Crippen LogP contribution in [0.25, 0.3) is 0 Å². The van der Waals surface area contributed by atoms with Gasteiger partial charge in [-0.05, 0) is 53.1 Å². The second-order valence-electron chi connectivity index (χ2n) is 6.08. The summed E-state index contributed by atoms with van der Waals surface area (Å²) in [5.74, 6) is -0.301. The maximum Gasteiger partial charge on any atom is 0.244 e. The standard InChI is InChI=1S/C22H18F2N2O2/c23-19-8-4-16(5-9-19)13-22(27)26-25-14-18-2-1-3-21(12-18)28-15-17-6-10-20(24)11-7-17/h1-12,14H,13,15H2,(H,26,27)/b25-14+. The van der Waals surface area contributed by atoms with E-state index in [-0.39, 0.29) is 24.0 Å². The van der Waals surface area contributed by atoms with Crippen molar-refractivity contribution in [3.8, 4) is 5.75 Å². The Kier molecular flexibility index (Phi) is 6.46. The molecule has 142 valence electrons. The zero-order chi connectivity index (χ0) is 19.8. The molecule has 0 fully saturated rings. The zero-order valence-electron chi connectivity index (χ0n) is 14.9. The summed E-state index contributed by atoms with van der Waals surface area (Å²) >= 11 is 0. The SMILES string of the molecule is O=C(Cc1ccc(F)cc1)N/N=C/c1cccc(OCc2ccc(F)cc2)c1. The molecular formula is C22H18F2N2O2. The Morgan fingerprint density at radius 3 is 2.25 bits per heavy atom. The van der Waals surface area contributed by atoms with Crippen molar-refractivity contribution in [2.24, 2.45) is 5.10 Å². The molecule has 0 bridgehead atoms. The Morgan fingerprint density at radius 2 is 1.57 bits per heavy atom. The Morgan fingerprint density at radius 1 is 0.929 bits per heavy atom. The highest BCUT2D eigenvalue weighted by Crippen LogP contribution is 2.14. The average Bonchev–Trinajstić information content (AvgIpc) is 2.70. The van der Waals surface area contributed by atoms with Gasteiger partial charge in [-0.25, -0.2) is 14.2 Å². The van der Waals surface area contributed by atoms with Gasteiger partial charge in [-0.2, -0.15) is 5.10 Å². The molecule has 6 heteroatoms. The van der Waals surface area contributed by atoms with Crippen LogP contribution < -0.4 is 10.2 Å². The van der Waals surface area contributed by atoms with Gasteiger partial charge in [0.05, 0.1) is 12.6 Å². The van der Waals surface area contributed by atoms with Gasteiger partial charge in [-0.3, -0.25) is 4.79 Å². The molecule has 0 aromatic heterocycles. The molecule has 0 spiro atoms. The fourth-order valence-corrected chi connectivity index (χ4v) is 2.44. The van der Waals surface area contributed by atoms with E-state index in [0.717, 1.165) is 11.1 Å². The van der Waals surface area contributed by atoms with Gasteiger partial charge in [-0.15, -0.1) is 0 Å². The summed E-state index contributed by atoms with van der Waals surface area (Å²) in [6.45, 7) is 0.315. The number of nitrogens with zero attached hydrogens (tertiary/aromatic N) is 1. The van der Waals surface area contributed by atoms with E-state index in [1.807, 2.05) is 12.1 Å². The van der Waals surface area contributed by atoms with Gasteiger partial charge in [0.1, 0.15) is 24.0 Å². The summed E-state index contributed by atoms with van der Waals surface area (Å²) in [6.07, 6.45) is 1.62. The summed E-state index contributed by atoms with van der Waals surface area (Å²) in [5.41, 5.74) is 4.74. The van der Waals surface area contributed by atoms with Crippen LogP contribution in [0.5, 0.6) is 5.75 Å². The van der Waals surface area contributed by atoms with E-state index < -0.39 is 0 Å². The summed E-state index contributed by atoms with van der Waals surface area (Å²) in [7, 11) is 0. The number of hydrogen-bond acceptors (Lipinski definition) is 3. The third kappa shape index (κ3) is 6.02. The van der Waals surface area contributed by atoms with Crippen LogP contribution in [0.2, 0.25) is 0 Å². The van der Waals surface area contributed by atoms with Crippen LogP contribution in [0, 0.1) is 11.6 Å². The zero-order valence-corrected chi connectivity index (χ0v) is 14.9. The highest BCUT2D eigenvalue weighted by Gasteiger charge is 2.02. The summed E-state index contributed by atoms with van der Waals surface area (Å²) in [6, 6.07) is 19.0. The monoisotopic (exact) mass is 380 g/mol. The van der Waals surface area contributed by atoms with Gasteiger partial charge in [0.25, 0.3) is 0 Å². The van der Waals surface area contributed by atoms with Crippen LogP contribution >= 0.6 is 0 Å². The fourth-order valence-electron chi connectivity index (χ4n) is 2.44. The third-order valence-electron chi connectivity index (χ3n) is 3.86. The number of hydrogen-bond donors (Lipinski definition) is 1. The number of rotatable bonds is 7. The van der Waals surface area contributed by atoms with Crippen molar-refractivity contribution in [2.75, 3.05) is 0 Å². The van der Waals surface area contributed by atoms with Gasteiger partial charge in [0, 0.05) is 0 Å². The molecule has 3 aromatic carbocycles. The Balaban J connectivity index is 1.51. The maximum absolute atomic E-state index is 12.9. The molecule has 0 saturated carbocycles. The van der Waals surface area contributed by atoms with Crippen molar-refractivity contribution in [2.45, 2.75) is 13.0 Å².